The highest BCUT2D eigenvalue weighted by Crippen LogP contribution is 2.21. The molecule has 4 heteroatoms. The Balaban J connectivity index is 1.81. The van der Waals surface area contributed by atoms with Crippen LogP contribution in [0.15, 0.2) is 59.2 Å². The minimum atomic E-state index is -0.437. The smallest absolute Gasteiger partial charge is 0.363 e. The first kappa shape index (κ1) is 16.0. The normalized spacial score (nSPS) is 15.6. The molecule has 0 radical (unpaired) electrons. The summed E-state index contributed by atoms with van der Waals surface area (Å²) < 4.78 is 10.9. The predicted molar refractivity (Wildman–Crippen MR) is 94.0 cm³/mol. The molecule has 0 spiro atoms. The van der Waals surface area contributed by atoms with E-state index < -0.39 is 5.97 Å². The highest BCUT2D eigenvalue weighted by molar-refractivity contribution is 6.12. The quantitative estimate of drug-likeness (QED) is 0.628. The summed E-state index contributed by atoms with van der Waals surface area (Å²) >= 11 is 0. The molecule has 1 heterocycles. The fraction of sp³-hybridized carbons (Fsp3) is 0.200. The van der Waals surface area contributed by atoms with Crippen LogP contribution < -0.4 is 4.74 Å². The lowest BCUT2D eigenvalue weighted by molar-refractivity contribution is -0.129. The van der Waals surface area contributed by atoms with Crippen molar-refractivity contribution in [3.05, 3.63) is 70.9 Å². The molecule has 0 bridgehead atoms. The molecule has 2 aromatic rings. The highest BCUT2D eigenvalue weighted by atomic mass is 16.6. The van der Waals surface area contributed by atoms with E-state index in [2.05, 4.69) is 4.99 Å². The Kier molecular flexibility index (Phi) is 4.47. The van der Waals surface area contributed by atoms with E-state index in [0.717, 1.165) is 22.4 Å². The van der Waals surface area contributed by atoms with Gasteiger partial charge in [-0.25, -0.2) is 9.79 Å². The zero-order valence-electron chi connectivity index (χ0n) is 13.9. The number of esters is 1. The van der Waals surface area contributed by atoms with Crippen LogP contribution in [0.25, 0.3) is 6.08 Å². The topological polar surface area (TPSA) is 47.9 Å². The van der Waals surface area contributed by atoms with Crippen LogP contribution in [0.1, 0.15) is 30.5 Å². The number of rotatable bonds is 4. The summed E-state index contributed by atoms with van der Waals surface area (Å²) in [5.74, 6) is 0.698. The number of nitrogens with zero attached hydrogens (tertiary/aromatic N) is 1. The van der Waals surface area contributed by atoms with E-state index in [4.69, 9.17) is 9.47 Å². The second-order valence-electron chi connectivity index (χ2n) is 5.94. The van der Waals surface area contributed by atoms with E-state index in [9.17, 15) is 4.79 Å². The van der Waals surface area contributed by atoms with E-state index in [1.54, 1.807) is 6.08 Å². The Labute approximate surface area is 141 Å². The van der Waals surface area contributed by atoms with Gasteiger partial charge in [0.1, 0.15) is 5.75 Å². The van der Waals surface area contributed by atoms with Gasteiger partial charge in [0.05, 0.1) is 6.10 Å². The Bertz CT molecular complexity index is 800. The molecule has 1 aliphatic heterocycles. The van der Waals surface area contributed by atoms with E-state index >= 15 is 0 Å². The van der Waals surface area contributed by atoms with Gasteiger partial charge in [0, 0.05) is 5.56 Å². The first-order valence-corrected chi connectivity index (χ1v) is 7.87. The lowest BCUT2D eigenvalue weighted by atomic mass is 10.1. The van der Waals surface area contributed by atoms with Crippen molar-refractivity contribution in [2.24, 2.45) is 4.99 Å². The number of ether oxygens (including phenoxy) is 2. The van der Waals surface area contributed by atoms with Crippen molar-refractivity contribution in [3.8, 4) is 5.75 Å². The third kappa shape index (κ3) is 3.71. The summed E-state index contributed by atoms with van der Waals surface area (Å²) in [7, 11) is 0. The minimum Gasteiger partial charge on any atom is -0.491 e. The average molecular weight is 321 g/mol. The molecule has 4 nitrogen and oxygen atoms in total. The average Bonchev–Trinajstić information content (AvgIpc) is 2.90. The summed E-state index contributed by atoms with van der Waals surface area (Å²) in [5.41, 5.74) is 3.09. The monoisotopic (exact) mass is 321 g/mol. The van der Waals surface area contributed by atoms with Crippen molar-refractivity contribution in [1.29, 1.82) is 0 Å². The van der Waals surface area contributed by atoms with Crippen molar-refractivity contribution in [2.45, 2.75) is 26.9 Å². The fourth-order valence-corrected chi connectivity index (χ4v) is 2.30. The molecule has 0 aliphatic carbocycles. The second kappa shape index (κ2) is 6.71. The molecule has 122 valence electrons. The van der Waals surface area contributed by atoms with E-state index in [1.165, 1.54) is 0 Å². The molecule has 1 aliphatic rings. The van der Waals surface area contributed by atoms with Gasteiger partial charge in [-0.05, 0) is 56.7 Å². The van der Waals surface area contributed by atoms with Crippen LogP contribution in [-0.2, 0) is 9.53 Å². The number of hydrogen-bond acceptors (Lipinski definition) is 4. The van der Waals surface area contributed by atoms with E-state index in [0.29, 0.717) is 11.6 Å². The number of aliphatic imine (C=N–C) groups is 1. The number of carbonyl (C=O) groups is 1. The minimum absolute atomic E-state index is 0.126. The van der Waals surface area contributed by atoms with Gasteiger partial charge >= 0.3 is 5.97 Å². The Morgan fingerprint density at radius 2 is 1.71 bits per heavy atom. The number of cyclic esters (lactones) is 1. The summed E-state index contributed by atoms with van der Waals surface area (Å²) in [6, 6.07) is 15.2. The van der Waals surface area contributed by atoms with Crippen LogP contribution >= 0.6 is 0 Å². The zero-order valence-corrected chi connectivity index (χ0v) is 13.9. The molecule has 0 aromatic heterocycles. The maximum absolute atomic E-state index is 12.0. The SMILES string of the molecule is Cc1ccc(C2=N/C(=C/c3ccc(OC(C)C)cc3)C(=O)O2)cc1. The van der Waals surface area contributed by atoms with Crippen molar-refractivity contribution >= 4 is 17.9 Å². The van der Waals surface area contributed by atoms with Crippen LogP contribution in [0.3, 0.4) is 0 Å². The molecule has 0 unspecified atom stereocenters. The molecular formula is C20H19NO3. The summed E-state index contributed by atoms with van der Waals surface area (Å²) in [4.78, 5) is 16.3. The molecule has 0 saturated heterocycles. The first-order chi connectivity index (χ1) is 11.5. The molecule has 0 saturated carbocycles. The largest absolute Gasteiger partial charge is 0.491 e. The van der Waals surface area contributed by atoms with Gasteiger partial charge < -0.3 is 9.47 Å². The van der Waals surface area contributed by atoms with Crippen molar-refractivity contribution in [3.63, 3.8) is 0 Å². The fourth-order valence-electron chi connectivity index (χ4n) is 2.30. The molecule has 0 atom stereocenters. The zero-order chi connectivity index (χ0) is 17.1. The van der Waals surface area contributed by atoms with Crippen LogP contribution in [-0.4, -0.2) is 18.0 Å². The maximum Gasteiger partial charge on any atom is 0.363 e. The summed E-state index contributed by atoms with van der Waals surface area (Å²) in [5, 5.41) is 0. The van der Waals surface area contributed by atoms with Gasteiger partial charge in [-0.3, -0.25) is 0 Å². The highest BCUT2D eigenvalue weighted by Gasteiger charge is 2.23. The standard InChI is InChI=1S/C20H19NO3/c1-13(2)23-17-10-6-15(7-11-17)12-18-20(22)24-19(21-18)16-8-4-14(3)5-9-16/h4-13H,1-3H3/b18-12+. The van der Waals surface area contributed by atoms with Gasteiger partial charge in [0.25, 0.3) is 0 Å². The van der Waals surface area contributed by atoms with E-state index in [-0.39, 0.29) is 6.10 Å². The predicted octanol–water partition coefficient (Wildman–Crippen LogP) is 4.13. The number of hydrogen-bond donors (Lipinski definition) is 0. The van der Waals surface area contributed by atoms with Crippen molar-refractivity contribution < 1.29 is 14.3 Å². The van der Waals surface area contributed by atoms with Crippen molar-refractivity contribution in [1.82, 2.24) is 0 Å². The molecule has 0 N–H and O–H groups in total. The molecule has 0 fully saturated rings. The Hall–Kier alpha value is -2.88. The molecular weight excluding hydrogens is 302 g/mol. The third-order valence-corrected chi connectivity index (χ3v) is 3.47. The Morgan fingerprint density at radius 3 is 2.33 bits per heavy atom. The lowest BCUT2D eigenvalue weighted by Crippen LogP contribution is -2.05. The summed E-state index contributed by atoms with van der Waals surface area (Å²) in [6.45, 7) is 5.96. The van der Waals surface area contributed by atoms with Gasteiger partial charge in [-0.15, -0.1) is 0 Å². The molecule has 3 rings (SSSR count). The first-order valence-electron chi connectivity index (χ1n) is 7.87. The van der Waals surface area contributed by atoms with Crippen molar-refractivity contribution in [2.75, 3.05) is 0 Å². The molecule has 0 amide bonds. The Morgan fingerprint density at radius 1 is 1.04 bits per heavy atom. The number of carbonyl (C=O) groups excluding carboxylic acids is 1. The van der Waals surface area contributed by atoms with Gasteiger partial charge in [-0.2, -0.15) is 0 Å². The maximum atomic E-state index is 12.0. The number of benzene rings is 2. The van der Waals surface area contributed by atoms with Gasteiger partial charge in [0.2, 0.25) is 5.90 Å². The second-order valence-corrected chi connectivity index (χ2v) is 5.94. The van der Waals surface area contributed by atoms with Crippen LogP contribution in [0.5, 0.6) is 5.75 Å². The van der Waals surface area contributed by atoms with Crippen LogP contribution in [0.2, 0.25) is 0 Å². The lowest BCUT2D eigenvalue weighted by Gasteiger charge is -2.09. The summed E-state index contributed by atoms with van der Waals surface area (Å²) in [6.07, 6.45) is 1.84. The van der Waals surface area contributed by atoms with Gasteiger partial charge in [0.15, 0.2) is 5.70 Å². The third-order valence-electron chi connectivity index (χ3n) is 3.47. The van der Waals surface area contributed by atoms with E-state index in [1.807, 2.05) is 69.3 Å². The van der Waals surface area contributed by atoms with Crippen LogP contribution in [0.4, 0.5) is 0 Å². The van der Waals surface area contributed by atoms with Gasteiger partial charge in [-0.1, -0.05) is 29.8 Å². The van der Waals surface area contributed by atoms with Crippen LogP contribution in [0, 0.1) is 6.92 Å². The molecule has 2 aromatic carbocycles. The molecule has 24 heavy (non-hydrogen) atoms. The number of aryl methyl sites for hydroxylation is 1.